The first-order valence-corrected chi connectivity index (χ1v) is 7.38. The number of unbranched alkanes of at least 4 members (excludes halogenated alkanes) is 1. The van der Waals surface area contributed by atoms with Crippen LogP contribution < -0.4 is 10.5 Å². The minimum absolute atomic E-state index is 0.196. The molecule has 2 N–H and O–H groups in total. The van der Waals surface area contributed by atoms with Gasteiger partial charge < -0.3 is 15.0 Å². The molecular weight excluding hydrogens is 322 g/mol. The molecule has 0 aliphatic carbocycles. The van der Waals surface area contributed by atoms with Gasteiger partial charge in [-0.3, -0.25) is 0 Å². The number of aromatic nitrogens is 2. The number of methoxy groups -OCH3 is 1. The summed E-state index contributed by atoms with van der Waals surface area (Å²) in [5.41, 5.74) is 6.88. The number of nitrogens with two attached hydrogens (primary N) is 1. The Labute approximate surface area is 126 Å². The van der Waals surface area contributed by atoms with Gasteiger partial charge >= 0.3 is 0 Å². The second-order valence-corrected chi connectivity index (χ2v) is 5.41. The third-order valence-electron chi connectivity index (χ3n) is 3.04. The maximum atomic E-state index is 6.02. The van der Waals surface area contributed by atoms with Crippen LogP contribution in [0.2, 0.25) is 0 Å². The lowest BCUT2D eigenvalue weighted by molar-refractivity contribution is 0.346. The summed E-state index contributed by atoms with van der Waals surface area (Å²) < 4.78 is 11.3. The fraction of sp³-hybridized carbons (Fsp3) is 0.429. The summed E-state index contributed by atoms with van der Waals surface area (Å²) in [6, 6.07) is 5.44. The van der Waals surface area contributed by atoms with Crippen LogP contribution in [0.4, 0.5) is 0 Å². The highest BCUT2D eigenvalue weighted by molar-refractivity contribution is 9.10. The lowest BCUT2D eigenvalue weighted by Crippen LogP contribution is -2.10. The predicted octanol–water partition coefficient (Wildman–Crippen LogP) is 3.70. The Hall–Kier alpha value is -1.40. The summed E-state index contributed by atoms with van der Waals surface area (Å²) in [6.45, 7) is 2.13. The van der Waals surface area contributed by atoms with E-state index >= 15 is 0 Å². The summed E-state index contributed by atoms with van der Waals surface area (Å²) in [6.07, 6.45) is 3.00. The molecule has 1 unspecified atom stereocenters. The average molecular weight is 340 g/mol. The molecule has 20 heavy (non-hydrogen) atoms. The molecule has 0 saturated heterocycles. The van der Waals surface area contributed by atoms with Crippen LogP contribution in [0, 0.1) is 0 Å². The molecule has 6 heteroatoms. The molecule has 0 spiro atoms. The van der Waals surface area contributed by atoms with Gasteiger partial charge in [0.25, 0.3) is 0 Å². The Morgan fingerprint density at radius 2 is 2.25 bits per heavy atom. The minimum atomic E-state index is -0.196. The topological polar surface area (TPSA) is 74.2 Å². The van der Waals surface area contributed by atoms with Gasteiger partial charge in [0.15, 0.2) is 0 Å². The van der Waals surface area contributed by atoms with Gasteiger partial charge in [-0.2, -0.15) is 4.98 Å². The first-order valence-electron chi connectivity index (χ1n) is 6.58. The third kappa shape index (κ3) is 3.37. The van der Waals surface area contributed by atoms with Crippen LogP contribution in [0.1, 0.15) is 38.1 Å². The zero-order chi connectivity index (χ0) is 14.5. The quantitative estimate of drug-likeness (QED) is 0.868. The SMILES string of the molecule is CCCCC(N)c1nc(-c2ccc(OC)c(Br)c2)no1. The molecule has 0 bridgehead atoms. The van der Waals surface area contributed by atoms with Gasteiger partial charge in [0.2, 0.25) is 11.7 Å². The number of hydrogen-bond donors (Lipinski definition) is 1. The maximum Gasteiger partial charge on any atom is 0.243 e. The molecule has 2 rings (SSSR count). The zero-order valence-electron chi connectivity index (χ0n) is 11.6. The molecule has 0 aliphatic heterocycles. The molecule has 0 saturated carbocycles. The van der Waals surface area contributed by atoms with Crippen LogP contribution >= 0.6 is 15.9 Å². The molecule has 1 aromatic heterocycles. The minimum Gasteiger partial charge on any atom is -0.496 e. The third-order valence-corrected chi connectivity index (χ3v) is 3.66. The molecule has 108 valence electrons. The normalized spacial score (nSPS) is 12.4. The molecule has 0 radical (unpaired) electrons. The predicted molar refractivity (Wildman–Crippen MR) is 80.4 cm³/mol. The van der Waals surface area contributed by atoms with Gasteiger partial charge in [-0.1, -0.05) is 24.9 Å². The fourth-order valence-electron chi connectivity index (χ4n) is 1.86. The number of hydrogen-bond acceptors (Lipinski definition) is 5. The Bertz CT molecular complexity index is 571. The molecule has 5 nitrogen and oxygen atoms in total. The summed E-state index contributed by atoms with van der Waals surface area (Å²) in [5.74, 6) is 1.79. The zero-order valence-corrected chi connectivity index (χ0v) is 13.2. The van der Waals surface area contributed by atoms with E-state index in [2.05, 4.69) is 33.0 Å². The van der Waals surface area contributed by atoms with Crippen molar-refractivity contribution in [2.75, 3.05) is 7.11 Å². The van der Waals surface area contributed by atoms with Gasteiger partial charge in [0.05, 0.1) is 17.6 Å². The van der Waals surface area contributed by atoms with E-state index < -0.39 is 0 Å². The largest absolute Gasteiger partial charge is 0.496 e. The van der Waals surface area contributed by atoms with E-state index in [4.69, 9.17) is 15.0 Å². The first kappa shape index (κ1) is 15.0. The average Bonchev–Trinajstić information content (AvgIpc) is 2.94. The monoisotopic (exact) mass is 339 g/mol. The van der Waals surface area contributed by atoms with Crippen molar-refractivity contribution in [1.29, 1.82) is 0 Å². The standard InChI is InChI=1S/C14H18BrN3O2/c1-3-4-5-11(16)14-17-13(18-20-14)9-6-7-12(19-2)10(15)8-9/h6-8,11H,3-5,16H2,1-2H3. The molecule has 0 amide bonds. The van der Waals surface area contributed by atoms with Crippen molar-refractivity contribution < 1.29 is 9.26 Å². The molecule has 0 aliphatic rings. The number of nitrogens with zero attached hydrogens (tertiary/aromatic N) is 2. The lowest BCUT2D eigenvalue weighted by Gasteiger charge is -2.04. The van der Waals surface area contributed by atoms with E-state index in [9.17, 15) is 0 Å². The summed E-state index contributed by atoms with van der Waals surface area (Å²) in [7, 11) is 1.62. The summed E-state index contributed by atoms with van der Waals surface area (Å²) in [5, 5.41) is 3.98. The second kappa shape index (κ2) is 6.85. The molecule has 1 heterocycles. The Kier molecular flexibility index (Phi) is 5.14. The van der Waals surface area contributed by atoms with Gasteiger partial charge in [-0.05, 0) is 40.5 Å². The Morgan fingerprint density at radius 3 is 2.90 bits per heavy atom. The van der Waals surface area contributed by atoms with Crippen LogP contribution in [-0.2, 0) is 0 Å². The van der Waals surface area contributed by atoms with Gasteiger partial charge in [0, 0.05) is 5.56 Å². The second-order valence-electron chi connectivity index (χ2n) is 4.55. The van der Waals surface area contributed by atoms with E-state index in [1.54, 1.807) is 7.11 Å². The number of rotatable bonds is 6. The van der Waals surface area contributed by atoms with Gasteiger partial charge in [0.1, 0.15) is 5.75 Å². The van der Waals surface area contributed by atoms with E-state index in [0.29, 0.717) is 11.7 Å². The summed E-state index contributed by atoms with van der Waals surface area (Å²) >= 11 is 3.44. The Morgan fingerprint density at radius 1 is 1.45 bits per heavy atom. The highest BCUT2D eigenvalue weighted by atomic mass is 79.9. The number of ether oxygens (including phenoxy) is 1. The lowest BCUT2D eigenvalue weighted by atomic mass is 10.1. The summed E-state index contributed by atoms with van der Waals surface area (Å²) in [4.78, 5) is 4.37. The van der Waals surface area contributed by atoms with Crippen LogP contribution in [0.5, 0.6) is 5.75 Å². The first-order chi connectivity index (χ1) is 9.65. The maximum absolute atomic E-state index is 6.02. The van der Waals surface area contributed by atoms with Crippen molar-refractivity contribution in [1.82, 2.24) is 10.1 Å². The van der Waals surface area contributed by atoms with E-state index in [0.717, 1.165) is 35.0 Å². The van der Waals surface area contributed by atoms with Crippen molar-refractivity contribution in [2.24, 2.45) is 5.73 Å². The molecule has 2 aromatic rings. The van der Waals surface area contributed by atoms with Crippen LogP contribution in [0.25, 0.3) is 11.4 Å². The van der Waals surface area contributed by atoms with Gasteiger partial charge in [-0.15, -0.1) is 0 Å². The van der Waals surface area contributed by atoms with Crippen molar-refractivity contribution in [2.45, 2.75) is 32.2 Å². The van der Waals surface area contributed by atoms with Crippen molar-refractivity contribution in [3.8, 4) is 17.1 Å². The molecule has 0 fully saturated rings. The molecule has 1 aromatic carbocycles. The Balaban J connectivity index is 2.18. The van der Waals surface area contributed by atoms with Crippen LogP contribution in [-0.4, -0.2) is 17.3 Å². The van der Waals surface area contributed by atoms with Crippen LogP contribution in [0.15, 0.2) is 27.2 Å². The van der Waals surface area contributed by atoms with Crippen molar-refractivity contribution in [3.63, 3.8) is 0 Å². The highest BCUT2D eigenvalue weighted by Crippen LogP contribution is 2.29. The van der Waals surface area contributed by atoms with E-state index in [1.165, 1.54) is 0 Å². The van der Waals surface area contributed by atoms with Gasteiger partial charge in [-0.25, -0.2) is 0 Å². The van der Waals surface area contributed by atoms with Crippen LogP contribution in [0.3, 0.4) is 0 Å². The highest BCUT2D eigenvalue weighted by Gasteiger charge is 2.15. The van der Waals surface area contributed by atoms with E-state index in [1.807, 2.05) is 18.2 Å². The molecular formula is C14H18BrN3O2. The van der Waals surface area contributed by atoms with Crippen molar-refractivity contribution >= 4 is 15.9 Å². The smallest absolute Gasteiger partial charge is 0.243 e. The fourth-order valence-corrected chi connectivity index (χ4v) is 2.40. The molecule has 1 atom stereocenters. The number of halogens is 1. The number of benzene rings is 1. The van der Waals surface area contributed by atoms with E-state index in [-0.39, 0.29) is 6.04 Å². The van der Waals surface area contributed by atoms with Crippen molar-refractivity contribution in [3.05, 3.63) is 28.6 Å².